The summed E-state index contributed by atoms with van der Waals surface area (Å²) in [5.41, 5.74) is 0. The van der Waals surface area contributed by atoms with Crippen LogP contribution < -0.4 is 0 Å². The second kappa shape index (κ2) is 3.53. The largest absolute Gasteiger partial charge is 0.414 e. The van der Waals surface area contributed by atoms with E-state index in [9.17, 15) is 13.2 Å². The van der Waals surface area contributed by atoms with Gasteiger partial charge in [0, 0.05) is 0 Å². The van der Waals surface area contributed by atoms with E-state index in [2.05, 4.69) is 27.5 Å². The lowest BCUT2D eigenvalue weighted by Gasteiger charge is -2.03. The molecule has 0 spiro atoms. The highest BCUT2D eigenvalue weighted by Crippen LogP contribution is 2.28. The highest BCUT2D eigenvalue weighted by molar-refractivity contribution is 9.10. The Morgan fingerprint density at radius 3 is 1.50 bits per heavy atom. The van der Waals surface area contributed by atoms with E-state index in [1.165, 1.54) is 0 Å². The summed E-state index contributed by atoms with van der Waals surface area (Å²) in [5, 5.41) is 0. The summed E-state index contributed by atoms with van der Waals surface area (Å²) in [4.78, 5) is 0. The Hall–Kier alpha value is 0.520. The van der Waals surface area contributed by atoms with Crippen LogP contribution in [0.25, 0.3) is 0 Å². The molecule has 1 unspecified atom stereocenters. The normalized spacial score (nSPS) is 14.6. The molecule has 0 fully saturated rings. The number of rotatable bonds is 0. The Kier molecular flexibility index (Phi) is 5.00. The molecule has 0 bridgehead atoms. The quantitative estimate of drug-likeness (QED) is 0.551. The maximum absolute atomic E-state index is 11.0. The summed E-state index contributed by atoms with van der Waals surface area (Å²) in [6.07, 6.45) is -4.32. The predicted molar refractivity (Wildman–Crippen MR) is 28.2 cm³/mol. The van der Waals surface area contributed by atoms with Crippen LogP contribution in [-0.4, -0.2) is 15.9 Å². The summed E-state index contributed by atoms with van der Waals surface area (Å²) in [6.45, 7) is 0. The molecule has 6 heteroatoms. The topological polar surface area (TPSA) is 31.5 Å². The molecule has 0 saturated heterocycles. The van der Waals surface area contributed by atoms with Crippen molar-refractivity contribution in [2.24, 2.45) is 0 Å². The zero-order valence-corrected chi connectivity index (χ0v) is 5.81. The van der Waals surface area contributed by atoms with Gasteiger partial charge in [-0.05, 0) is 0 Å². The fourth-order valence-electron chi connectivity index (χ4n) is 0. The lowest BCUT2D eigenvalue weighted by Crippen LogP contribution is -2.16. The smallest absolute Gasteiger partial charge is 0.412 e. The minimum absolute atomic E-state index is 0. The van der Waals surface area contributed by atoms with E-state index >= 15 is 0 Å². The first kappa shape index (κ1) is 11.3. The maximum atomic E-state index is 11.0. The first-order chi connectivity index (χ1) is 2.94. The molecule has 1 atom stereocenters. The Labute approximate surface area is 57.3 Å². The van der Waals surface area contributed by atoms with Crippen LogP contribution in [0.2, 0.25) is 0 Å². The van der Waals surface area contributed by atoms with Crippen molar-refractivity contribution >= 4 is 27.5 Å². The average Bonchev–Trinajstić information content (AvgIpc) is 1.31. The molecule has 0 aromatic heterocycles. The van der Waals surface area contributed by atoms with E-state index in [0.29, 0.717) is 0 Å². The third-order valence-corrected chi connectivity index (χ3v) is 1.01. The van der Waals surface area contributed by atoms with Gasteiger partial charge in [0.15, 0.2) is 4.29 Å². The van der Waals surface area contributed by atoms with Gasteiger partial charge in [0.05, 0.1) is 0 Å². The summed E-state index contributed by atoms with van der Waals surface area (Å²) >= 11 is 6.68. The van der Waals surface area contributed by atoms with Gasteiger partial charge in [-0.2, -0.15) is 13.2 Å². The standard InChI is InChI=1S/C2HBrClF3.H2O/c3-1(4)2(5,6)7;/h1H;1H2. The monoisotopic (exact) mass is 214 g/mol. The molecule has 0 aliphatic rings. The zero-order chi connectivity index (χ0) is 6.08. The molecule has 0 aromatic rings. The van der Waals surface area contributed by atoms with Gasteiger partial charge in [-0.25, -0.2) is 0 Å². The van der Waals surface area contributed by atoms with Gasteiger partial charge >= 0.3 is 6.18 Å². The molecule has 52 valence electrons. The van der Waals surface area contributed by atoms with Crippen molar-refractivity contribution in [3.63, 3.8) is 0 Å². The molecule has 1 nitrogen and oxygen atoms in total. The third kappa shape index (κ3) is 4.67. The van der Waals surface area contributed by atoms with Crippen molar-refractivity contribution in [2.75, 3.05) is 0 Å². The van der Waals surface area contributed by atoms with Gasteiger partial charge < -0.3 is 5.48 Å². The van der Waals surface area contributed by atoms with Crippen LogP contribution in [0.5, 0.6) is 0 Å². The summed E-state index contributed by atoms with van der Waals surface area (Å²) in [7, 11) is 0. The first-order valence-electron chi connectivity index (χ1n) is 1.29. The van der Waals surface area contributed by atoms with Gasteiger partial charge in [-0.3, -0.25) is 0 Å². The number of hydrogen-bond donors (Lipinski definition) is 0. The summed E-state index contributed by atoms with van der Waals surface area (Å²) in [5.74, 6) is 0. The minimum atomic E-state index is -4.32. The molecule has 8 heavy (non-hydrogen) atoms. The Morgan fingerprint density at radius 1 is 1.38 bits per heavy atom. The van der Waals surface area contributed by atoms with E-state index in [1.807, 2.05) is 0 Å². The Balaban J connectivity index is 0. The van der Waals surface area contributed by atoms with Gasteiger partial charge in [0.25, 0.3) is 0 Å². The molecule has 2 N–H and O–H groups in total. The minimum Gasteiger partial charge on any atom is -0.412 e. The lowest BCUT2D eigenvalue weighted by atomic mass is 10.8. The van der Waals surface area contributed by atoms with Crippen LogP contribution in [0.4, 0.5) is 13.2 Å². The van der Waals surface area contributed by atoms with Crippen molar-refractivity contribution in [2.45, 2.75) is 10.5 Å². The second-order valence-electron chi connectivity index (χ2n) is 0.842. The van der Waals surface area contributed by atoms with Crippen LogP contribution in [0.15, 0.2) is 0 Å². The van der Waals surface area contributed by atoms with Crippen molar-refractivity contribution < 1.29 is 18.6 Å². The maximum Gasteiger partial charge on any atom is 0.414 e. The van der Waals surface area contributed by atoms with Gasteiger partial charge in [-0.1, -0.05) is 15.9 Å². The lowest BCUT2D eigenvalue weighted by molar-refractivity contribution is -0.112. The van der Waals surface area contributed by atoms with Gasteiger partial charge in [0.1, 0.15) is 0 Å². The molecular weight excluding hydrogens is 212 g/mol. The highest BCUT2D eigenvalue weighted by atomic mass is 79.9. The molecule has 0 aliphatic heterocycles. The Bertz CT molecular complexity index is 62.8. The predicted octanol–water partition coefficient (Wildman–Crippen LogP) is 1.68. The average molecular weight is 215 g/mol. The van der Waals surface area contributed by atoms with Crippen LogP contribution >= 0.6 is 27.5 Å². The molecule has 0 amide bonds. The summed E-state index contributed by atoms with van der Waals surface area (Å²) < 4.78 is 31.1. The molecule has 0 aliphatic carbocycles. The fraction of sp³-hybridized carbons (Fsp3) is 1.00. The van der Waals surface area contributed by atoms with Crippen molar-refractivity contribution in [1.29, 1.82) is 0 Å². The van der Waals surface area contributed by atoms with Crippen molar-refractivity contribution in [1.82, 2.24) is 0 Å². The third-order valence-electron chi connectivity index (χ3n) is 0.247. The second-order valence-corrected chi connectivity index (χ2v) is 2.72. The molecule has 0 radical (unpaired) electrons. The van der Waals surface area contributed by atoms with Crippen LogP contribution in [0.3, 0.4) is 0 Å². The SMILES string of the molecule is FC(F)(F)C(Cl)Br.O. The van der Waals surface area contributed by atoms with E-state index in [1.54, 1.807) is 0 Å². The molecule has 0 saturated carbocycles. The van der Waals surface area contributed by atoms with Crippen LogP contribution in [0.1, 0.15) is 0 Å². The van der Waals surface area contributed by atoms with E-state index in [4.69, 9.17) is 0 Å². The molecule has 0 aromatic carbocycles. The van der Waals surface area contributed by atoms with E-state index < -0.39 is 10.5 Å². The molecule has 0 rings (SSSR count). The number of alkyl halides is 5. The molecule has 0 heterocycles. The van der Waals surface area contributed by atoms with Crippen molar-refractivity contribution in [3.8, 4) is 0 Å². The highest BCUT2D eigenvalue weighted by Gasteiger charge is 2.35. The van der Waals surface area contributed by atoms with E-state index in [0.717, 1.165) is 0 Å². The van der Waals surface area contributed by atoms with Crippen LogP contribution in [0, 0.1) is 0 Å². The number of halogens is 5. The van der Waals surface area contributed by atoms with Gasteiger partial charge in [0.2, 0.25) is 0 Å². The van der Waals surface area contributed by atoms with Crippen LogP contribution in [-0.2, 0) is 0 Å². The first-order valence-corrected chi connectivity index (χ1v) is 2.64. The fourth-order valence-corrected chi connectivity index (χ4v) is 0. The Morgan fingerprint density at radius 2 is 1.50 bits per heavy atom. The molecular formula is C2H3BrClF3O. The van der Waals surface area contributed by atoms with Crippen molar-refractivity contribution in [3.05, 3.63) is 0 Å². The van der Waals surface area contributed by atoms with Gasteiger partial charge in [-0.15, -0.1) is 11.6 Å². The zero-order valence-electron chi connectivity index (χ0n) is 3.47. The summed E-state index contributed by atoms with van der Waals surface area (Å²) in [6, 6.07) is 0. The van der Waals surface area contributed by atoms with E-state index in [-0.39, 0.29) is 5.48 Å². The number of hydrogen-bond acceptors (Lipinski definition) is 0.